The average molecular weight is 245 g/mol. The minimum Gasteiger partial charge on any atom is -0.330 e. The molecule has 100 valence electrons. The number of unbranched alkanes of at least 4 members (excludes halogenated alkanes) is 1. The Morgan fingerprint density at radius 1 is 1.22 bits per heavy atom. The fourth-order valence-corrected chi connectivity index (χ4v) is 2.53. The van der Waals surface area contributed by atoms with Gasteiger partial charge in [0.1, 0.15) is 0 Å². The van der Waals surface area contributed by atoms with Gasteiger partial charge in [0, 0.05) is 0 Å². The van der Waals surface area contributed by atoms with E-state index in [-0.39, 0.29) is 0 Å². The maximum absolute atomic E-state index is 5.75. The van der Waals surface area contributed by atoms with Crippen LogP contribution in [-0.4, -0.2) is 6.54 Å². The molecule has 0 heterocycles. The number of nitrogens with two attached hydrogens (primary N) is 1. The first-order chi connectivity index (χ1) is 8.72. The molecule has 2 atom stereocenters. The van der Waals surface area contributed by atoms with Gasteiger partial charge in [0.25, 0.3) is 0 Å². The van der Waals surface area contributed by atoms with Crippen molar-refractivity contribution in [1.29, 1.82) is 0 Å². The van der Waals surface area contributed by atoms with Crippen molar-refractivity contribution in [3.63, 3.8) is 0 Å². The summed E-state index contributed by atoms with van der Waals surface area (Å²) in [6.45, 7) is 9.17. The van der Waals surface area contributed by atoms with Gasteiger partial charge in [-0.15, -0.1) is 0 Å². The van der Waals surface area contributed by atoms with Gasteiger partial charge in [-0.1, -0.05) is 63.6 Å². The molecule has 18 heavy (non-hydrogen) atoms. The zero-order valence-electron chi connectivity index (χ0n) is 11.9. The maximum Gasteiger partial charge on any atom is -0.00744 e. The predicted molar refractivity (Wildman–Crippen MR) is 81.6 cm³/mol. The lowest BCUT2D eigenvalue weighted by atomic mass is 9.82. The van der Waals surface area contributed by atoms with Gasteiger partial charge in [-0.05, 0) is 42.3 Å². The highest BCUT2D eigenvalue weighted by molar-refractivity contribution is 5.47. The number of rotatable bonds is 8. The molecule has 0 saturated carbocycles. The summed E-state index contributed by atoms with van der Waals surface area (Å²) in [6.07, 6.45) is 6.88. The lowest BCUT2D eigenvalue weighted by Gasteiger charge is -2.24. The third kappa shape index (κ3) is 4.30. The van der Waals surface area contributed by atoms with E-state index in [0.29, 0.717) is 11.8 Å². The minimum absolute atomic E-state index is 0.596. The Kier molecular flexibility index (Phi) is 6.74. The van der Waals surface area contributed by atoms with E-state index in [1.54, 1.807) is 0 Å². The number of hydrogen-bond acceptors (Lipinski definition) is 1. The molecule has 0 bridgehead atoms. The van der Waals surface area contributed by atoms with Crippen LogP contribution < -0.4 is 5.73 Å². The van der Waals surface area contributed by atoms with Crippen molar-refractivity contribution in [3.05, 3.63) is 42.0 Å². The Morgan fingerprint density at radius 2 is 1.89 bits per heavy atom. The standard InChI is InChI=1S/C17H27N/c1-4-6-7-16(12-13-18)14(3)17-10-8-15(5-2)9-11-17/h5,8-11,14,16H,2,4,6-7,12-13,18H2,1,3H3. The fraction of sp³-hybridized carbons (Fsp3) is 0.529. The third-order valence-corrected chi connectivity index (χ3v) is 3.87. The topological polar surface area (TPSA) is 26.0 Å². The molecular weight excluding hydrogens is 218 g/mol. The van der Waals surface area contributed by atoms with Gasteiger partial charge in [0.05, 0.1) is 0 Å². The molecule has 0 aliphatic rings. The molecule has 1 aromatic carbocycles. The Hall–Kier alpha value is -1.08. The van der Waals surface area contributed by atoms with E-state index in [1.807, 2.05) is 6.08 Å². The van der Waals surface area contributed by atoms with Crippen molar-refractivity contribution < 1.29 is 0 Å². The van der Waals surface area contributed by atoms with Gasteiger partial charge >= 0.3 is 0 Å². The molecule has 0 aliphatic heterocycles. The Labute approximate surface area is 112 Å². The van der Waals surface area contributed by atoms with Gasteiger partial charge < -0.3 is 5.73 Å². The number of benzene rings is 1. The quantitative estimate of drug-likeness (QED) is 0.712. The highest BCUT2D eigenvalue weighted by Crippen LogP contribution is 2.30. The van der Waals surface area contributed by atoms with Crippen molar-refractivity contribution in [2.24, 2.45) is 11.7 Å². The second-order valence-electron chi connectivity index (χ2n) is 5.14. The van der Waals surface area contributed by atoms with E-state index in [4.69, 9.17) is 5.73 Å². The largest absolute Gasteiger partial charge is 0.330 e. The smallest absolute Gasteiger partial charge is 0.00744 e. The third-order valence-electron chi connectivity index (χ3n) is 3.87. The summed E-state index contributed by atoms with van der Waals surface area (Å²) >= 11 is 0. The van der Waals surface area contributed by atoms with Gasteiger partial charge in [0.2, 0.25) is 0 Å². The molecule has 0 saturated heterocycles. The van der Waals surface area contributed by atoms with Crippen LogP contribution in [0.15, 0.2) is 30.8 Å². The molecule has 0 aliphatic carbocycles. The van der Waals surface area contributed by atoms with Gasteiger partial charge in [-0.25, -0.2) is 0 Å². The summed E-state index contributed by atoms with van der Waals surface area (Å²) in [5.74, 6) is 1.31. The molecule has 1 aromatic rings. The van der Waals surface area contributed by atoms with Crippen LogP contribution >= 0.6 is 0 Å². The summed E-state index contributed by atoms with van der Waals surface area (Å²) in [5, 5.41) is 0. The van der Waals surface area contributed by atoms with Crippen LogP contribution in [0.5, 0.6) is 0 Å². The van der Waals surface area contributed by atoms with Crippen LogP contribution in [0.4, 0.5) is 0 Å². The van der Waals surface area contributed by atoms with Crippen molar-refractivity contribution in [2.75, 3.05) is 6.54 Å². The predicted octanol–water partition coefficient (Wildman–Crippen LogP) is 4.59. The first-order valence-corrected chi connectivity index (χ1v) is 7.15. The Bertz CT molecular complexity index is 339. The minimum atomic E-state index is 0.596. The van der Waals surface area contributed by atoms with Gasteiger partial charge in [-0.2, -0.15) is 0 Å². The Balaban J connectivity index is 2.72. The van der Waals surface area contributed by atoms with E-state index in [1.165, 1.54) is 30.4 Å². The molecule has 2 N–H and O–H groups in total. The monoisotopic (exact) mass is 245 g/mol. The highest BCUT2D eigenvalue weighted by atomic mass is 14.5. The van der Waals surface area contributed by atoms with Gasteiger partial charge in [0.15, 0.2) is 0 Å². The van der Waals surface area contributed by atoms with Crippen LogP contribution in [0, 0.1) is 5.92 Å². The van der Waals surface area contributed by atoms with Crippen LogP contribution in [0.1, 0.15) is 56.6 Å². The molecule has 0 amide bonds. The molecule has 0 aromatic heterocycles. The summed E-state index contributed by atoms with van der Waals surface area (Å²) < 4.78 is 0. The van der Waals surface area contributed by atoms with E-state index in [0.717, 1.165) is 13.0 Å². The summed E-state index contributed by atoms with van der Waals surface area (Å²) in [5.41, 5.74) is 8.37. The second kappa shape index (κ2) is 8.10. The molecule has 0 radical (unpaired) electrons. The van der Waals surface area contributed by atoms with E-state index in [2.05, 4.69) is 44.7 Å². The second-order valence-corrected chi connectivity index (χ2v) is 5.14. The summed E-state index contributed by atoms with van der Waals surface area (Å²) in [7, 11) is 0. The SMILES string of the molecule is C=Cc1ccc(C(C)C(CCN)CCCC)cc1. The molecular formula is C17H27N. The van der Waals surface area contributed by atoms with Crippen molar-refractivity contribution in [3.8, 4) is 0 Å². The first kappa shape index (κ1) is 15.0. The van der Waals surface area contributed by atoms with Crippen molar-refractivity contribution in [2.45, 2.75) is 45.4 Å². The first-order valence-electron chi connectivity index (χ1n) is 7.15. The zero-order valence-corrected chi connectivity index (χ0v) is 11.9. The van der Waals surface area contributed by atoms with Crippen LogP contribution in [0.3, 0.4) is 0 Å². The normalized spacial score (nSPS) is 14.2. The summed E-state index contributed by atoms with van der Waals surface area (Å²) in [4.78, 5) is 0. The highest BCUT2D eigenvalue weighted by Gasteiger charge is 2.17. The van der Waals surface area contributed by atoms with E-state index >= 15 is 0 Å². The fourth-order valence-electron chi connectivity index (χ4n) is 2.53. The molecule has 1 nitrogen and oxygen atoms in total. The lowest BCUT2D eigenvalue weighted by Crippen LogP contribution is -2.15. The van der Waals surface area contributed by atoms with Crippen LogP contribution in [0.25, 0.3) is 6.08 Å². The molecule has 0 spiro atoms. The van der Waals surface area contributed by atoms with Crippen LogP contribution in [0.2, 0.25) is 0 Å². The molecule has 2 unspecified atom stereocenters. The zero-order chi connectivity index (χ0) is 13.4. The molecule has 0 fully saturated rings. The van der Waals surface area contributed by atoms with Crippen molar-refractivity contribution in [1.82, 2.24) is 0 Å². The van der Waals surface area contributed by atoms with Gasteiger partial charge in [-0.3, -0.25) is 0 Å². The Morgan fingerprint density at radius 3 is 2.39 bits per heavy atom. The van der Waals surface area contributed by atoms with Crippen molar-refractivity contribution >= 4 is 6.08 Å². The summed E-state index contributed by atoms with van der Waals surface area (Å²) in [6, 6.07) is 8.77. The molecule has 1 rings (SSSR count). The lowest BCUT2D eigenvalue weighted by molar-refractivity contribution is 0.380. The van der Waals surface area contributed by atoms with E-state index in [9.17, 15) is 0 Å². The molecule has 1 heteroatoms. The van der Waals surface area contributed by atoms with Crippen LogP contribution in [-0.2, 0) is 0 Å². The maximum atomic E-state index is 5.75. The van der Waals surface area contributed by atoms with E-state index < -0.39 is 0 Å². The number of hydrogen-bond donors (Lipinski definition) is 1. The average Bonchev–Trinajstić information content (AvgIpc) is 2.43.